The molecule has 0 aromatic heterocycles. The van der Waals surface area contributed by atoms with Crippen LogP contribution in [0.15, 0.2) is 48.5 Å². The van der Waals surface area contributed by atoms with E-state index in [0.717, 1.165) is 12.5 Å². The summed E-state index contributed by atoms with van der Waals surface area (Å²) in [6.45, 7) is 3.17. The second-order valence-corrected chi connectivity index (χ2v) is 6.13. The van der Waals surface area contributed by atoms with E-state index < -0.39 is 0 Å². The first-order valence-electron chi connectivity index (χ1n) is 8.27. The van der Waals surface area contributed by atoms with Crippen LogP contribution >= 0.6 is 0 Å². The Morgan fingerprint density at radius 3 is 2.48 bits per heavy atom. The van der Waals surface area contributed by atoms with Crippen molar-refractivity contribution in [3.8, 4) is 0 Å². The van der Waals surface area contributed by atoms with Gasteiger partial charge in [-0.15, -0.1) is 0 Å². The lowest BCUT2D eigenvalue weighted by molar-refractivity contribution is 0.795. The van der Waals surface area contributed by atoms with E-state index in [0.29, 0.717) is 0 Å². The minimum absolute atomic E-state index is 0.819. The summed E-state index contributed by atoms with van der Waals surface area (Å²) >= 11 is 0. The number of hydrogen-bond donors (Lipinski definition) is 1. The average Bonchev–Trinajstić information content (AvgIpc) is 3.37. The molecule has 0 spiro atoms. The fourth-order valence-corrected chi connectivity index (χ4v) is 2.86. The summed E-state index contributed by atoms with van der Waals surface area (Å²) in [5, 5.41) is 3.57. The van der Waals surface area contributed by atoms with Crippen LogP contribution in [0, 0.1) is 0 Å². The molecule has 1 aliphatic rings. The van der Waals surface area contributed by atoms with E-state index in [4.69, 9.17) is 0 Å². The van der Waals surface area contributed by atoms with Crippen LogP contribution in [0.5, 0.6) is 0 Å². The van der Waals surface area contributed by atoms with Crippen molar-refractivity contribution in [2.45, 2.75) is 51.5 Å². The van der Waals surface area contributed by atoms with Crippen molar-refractivity contribution < 1.29 is 0 Å². The summed E-state index contributed by atoms with van der Waals surface area (Å²) in [6.07, 6.45) is 6.47. The van der Waals surface area contributed by atoms with Crippen molar-refractivity contribution in [3.05, 3.63) is 65.2 Å². The van der Waals surface area contributed by atoms with Crippen LogP contribution in [0.2, 0.25) is 0 Å². The zero-order valence-electron chi connectivity index (χ0n) is 12.9. The molecule has 2 aromatic rings. The largest absolute Gasteiger partial charge is 0.381 e. The molecule has 1 fully saturated rings. The Hall–Kier alpha value is -1.76. The molecule has 0 radical (unpaired) electrons. The topological polar surface area (TPSA) is 12.0 Å². The van der Waals surface area contributed by atoms with Crippen molar-refractivity contribution >= 4 is 5.69 Å². The number of benzene rings is 2. The Kier molecular flexibility index (Phi) is 4.59. The van der Waals surface area contributed by atoms with Gasteiger partial charge in [0.05, 0.1) is 0 Å². The van der Waals surface area contributed by atoms with E-state index in [2.05, 4.69) is 60.8 Å². The second kappa shape index (κ2) is 6.80. The van der Waals surface area contributed by atoms with Crippen LogP contribution < -0.4 is 5.32 Å². The number of aryl methyl sites for hydroxylation is 1. The van der Waals surface area contributed by atoms with E-state index >= 15 is 0 Å². The van der Waals surface area contributed by atoms with E-state index in [1.54, 1.807) is 5.56 Å². The number of anilines is 1. The SMILES string of the molecule is CCCCc1ccc(NCc2ccccc2C2CC2)cc1. The lowest BCUT2D eigenvalue weighted by Crippen LogP contribution is -2.02. The third-order valence-corrected chi connectivity index (χ3v) is 4.33. The highest BCUT2D eigenvalue weighted by Crippen LogP contribution is 2.41. The quantitative estimate of drug-likeness (QED) is 0.703. The van der Waals surface area contributed by atoms with E-state index in [9.17, 15) is 0 Å². The normalized spacial score (nSPS) is 14.1. The molecule has 1 aliphatic carbocycles. The molecule has 1 heteroatoms. The predicted molar refractivity (Wildman–Crippen MR) is 90.8 cm³/mol. The summed E-state index contributed by atoms with van der Waals surface area (Å²) in [5.74, 6) is 0.819. The van der Waals surface area contributed by atoms with Crippen molar-refractivity contribution in [1.82, 2.24) is 0 Å². The van der Waals surface area contributed by atoms with Crippen LogP contribution in [0.4, 0.5) is 5.69 Å². The fraction of sp³-hybridized carbons (Fsp3) is 0.400. The first-order valence-corrected chi connectivity index (χ1v) is 8.27. The predicted octanol–water partition coefficient (Wildman–Crippen LogP) is 5.52. The van der Waals surface area contributed by atoms with E-state index in [1.165, 1.54) is 48.9 Å². The van der Waals surface area contributed by atoms with Gasteiger partial charge < -0.3 is 5.32 Å². The van der Waals surface area contributed by atoms with Crippen molar-refractivity contribution in [3.63, 3.8) is 0 Å². The van der Waals surface area contributed by atoms with Gasteiger partial charge in [-0.1, -0.05) is 49.7 Å². The number of nitrogens with one attached hydrogen (secondary N) is 1. The van der Waals surface area contributed by atoms with E-state index in [-0.39, 0.29) is 0 Å². The number of rotatable bonds is 7. The summed E-state index contributed by atoms with van der Waals surface area (Å²) in [4.78, 5) is 0. The second-order valence-electron chi connectivity index (χ2n) is 6.13. The fourth-order valence-electron chi connectivity index (χ4n) is 2.86. The maximum Gasteiger partial charge on any atom is 0.0403 e. The molecule has 3 rings (SSSR count). The maximum absolute atomic E-state index is 3.57. The van der Waals surface area contributed by atoms with Gasteiger partial charge in [0.2, 0.25) is 0 Å². The lowest BCUT2D eigenvalue weighted by atomic mass is 10.0. The number of hydrogen-bond acceptors (Lipinski definition) is 1. The van der Waals surface area contributed by atoms with Crippen molar-refractivity contribution in [1.29, 1.82) is 0 Å². The molecule has 2 aromatic carbocycles. The Bertz CT molecular complexity index is 567. The number of unbranched alkanes of at least 4 members (excludes halogenated alkanes) is 1. The summed E-state index contributed by atoms with van der Waals surface area (Å²) in [7, 11) is 0. The highest BCUT2D eigenvalue weighted by Gasteiger charge is 2.25. The Morgan fingerprint density at radius 2 is 1.76 bits per heavy atom. The summed E-state index contributed by atoms with van der Waals surface area (Å²) in [6, 6.07) is 17.8. The lowest BCUT2D eigenvalue weighted by Gasteiger charge is -2.11. The molecule has 0 amide bonds. The molecule has 1 nitrogen and oxygen atoms in total. The first-order chi connectivity index (χ1) is 10.4. The van der Waals surface area contributed by atoms with E-state index in [1.807, 2.05) is 0 Å². The van der Waals surface area contributed by atoms with Gasteiger partial charge in [0, 0.05) is 12.2 Å². The molecule has 1 N–H and O–H groups in total. The van der Waals surface area contributed by atoms with Crippen molar-refractivity contribution in [2.24, 2.45) is 0 Å². The van der Waals surface area contributed by atoms with Crippen LogP contribution in [-0.2, 0) is 13.0 Å². The molecule has 0 aliphatic heterocycles. The van der Waals surface area contributed by atoms with Crippen molar-refractivity contribution in [2.75, 3.05) is 5.32 Å². The van der Waals surface area contributed by atoms with Gasteiger partial charge in [0.25, 0.3) is 0 Å². The zero-order valence-corrected chi connectivity index (χ0v) is 12.9. The van der Waals surface area contributed by atoms with Gasteiger partial charge >= 0.3 is 0 Å². The van der Waals surface area contributed by atoms with Crippen LogP contribution in [0.3, 0.4) is 0 Å². The van der Waals surface area contributed by atoms with Gasteiger partial charge in [-0.05, 0) is 60.4 Å². The molecule has 0 bridgehead atoms. The first kappa shape index (κ1) is 14.2. The van der Waals surface area contributed by atoms with Crippen LogP contribution in [0.1, 0.15) is 55.2 Å². The Balaban J connectivity index is 1.60. The molecule has 0 heterocycles. The molecule has 0 unspecified atom stereocenters. The maximum atomic E-state index is 3.57. The highest BCUT2D eigenvalue weighted by molar-refractivity contribution is 5.46. The third kappa shape index (κ3) is 3.87. The zero-order chi connectivity index (χ0) is 14.5. The Labute approximate surface area is 128 Å². The standard InChI is InChI=1S/C20H25N/c1-2-3-6-16-9-13-19(14-10-16)21-15-18-7-4-5-8-20(18)17-11-12-17/h4-5,7-10,13-14,17,21H,2-3,6,11-12,15H2,1H3. The molecule has 21 heavy (non-hydrogen) atoms. The monoisotopic (exact) mass is 279 g/mol. The minimum atomic E-state index is 0.819. The highest BCUT2D eigenvalue weighted by atomic mass is 14.9. The molecule has 1 saturated carbocycles. The van der Waals surface area contributed by atoms with Gasteiger partial charge in [-0.25, -0.2) is 0 Å². The molecule has 0 saturated heterocycles. The van der Waals surface area contributed by atoms with Gasteiger partial charge in [-0.2, -0.15) is 0 Å². The molecule has 110 valence electrons. The van der Waals surface area contributed by atoms with Crippen LogP contribution in [-0.4, -0.2) is 0 Å². The molecular weight excluding hydrogens is 254 g/mol. The Morgan fingerprint density at radius 1 is 1.00 bits per heavy atom. The molecule has 0 atom stereocenters. The van der Waals surface area contributed by atoms with Crippen LogP contribution in [0.25, 0.3) is 0 Å². The third-order valence-electron chi connectivity index (χ3n) is 4.33. The molecular formula is C20H25N. The average molecular weight is 279 g/mol. The van der Waals surface area contributed by atoms with Gasteiger partial charge in [0.1, 0.15) is 0 Å². The van der Waals surface area contributed by atoms with Gasteiger partial charge in [-0.3, -0.25) is 0 Å². The summed E-state index contributed by atoms with van der Waals surface area (Å²) in [5.41, 5.74) is 5.67. The minimum Gasteiger partial charge on any atom is -0.381 e. The summed E-state index contributed by atoms with van der Waals surface area (Å²) < 4.78 is 0. The van der Waals surface area contributed by atoms with Gasteiger partial charge in [0.15, 0.2) is 0 Å². The smallest absolute Gasteiger partial charge is 0.0403 e.